The summed E-state index contributed by atoms with van der Waals surface area (Å²) in [5, 5.41) is 0. The number of hydrogen-bond acceptors (Lipinski definition) is 3. The average Bonchev–Trinajstić information content (AvgIpc) is 2.38. The fraction of sp³-hybridized carbons (Fsp3) is 0.571. The van der Waals surface area contributed by atoms with Gasteiger partial charge in [-0.05, 0) is 31.2 Å². The molecule has 2 nitrogen and oxygen atoms in total. The van der Waals surface area contributed by atoms with Gasteiger partial charge < -0.3 is 9.64 Å². The fourth-order valence-electron chi connectivity index (χ4n) is 2.46. The van der Waals surface area contributed by atoms with Crippen LogP contribution in [0.15, 0.2) is 24.3 Å². The Hall–Kier alpha value is -0.670. The Morgan fingerprint density at radius 3 is 2.94 bits per heavy atom. The quantitative estimate of drug-likeness (QED) is 0.819. The molecule has 1 atom stereocenters. The van der Waals surface area contributed by atoms with Crippen molar-refractivity contribution in [1.29, 1.82) is 0 Å². The van der Waals surface area contributed by atoms with Gasteiger partial charge in [0.15, 0.2) is 0 Å². The van der Waals surface area contributed by atoms with Gasteiger partial charge in [0.25, 0.3) is 0 Å². The maximum absolute atomic E-state index is 5.34. The summed E-state index contributed by atoms with van der Waals surface area (Å²) in [6.07, 6.45) is 1.16. The van der Waals surface area contributed by atoms with Gasteiger partial charge in [0.1, 0.15) is 5.75 Å². The third-order valence-corrected chi connectivity index (χ3v) is 5.14. The van der Waals surface area contributed by atoms with Crippen LogP contribution in [0.1, 0.15) is 18.9 Å². The van der Waals surface area contributed by atoms with Crippen molar-refractivity contribution in [3.8, 4) is 5.75 Å². The Morgan fingerprint density at radius 1 is 1.47 bits per heavy atom. The van der Waals surface area contributed by atoms with E-state index in [0.29, 0.717) is 0 Å². The van der Waals surface area contributed by atoms with Crippen molar-refractivity contribution in [2.75, 3.05) is 33.0 Å². The number of nitrogens with zero attached hydrogens (tertiary/aromatic N) is 1. The minimum atomic E-state index is 0.238. The van der Waals surface area contributed by atoms with E-state index in [1.54, 1.807) is 7.11 Å². The molecule has 1 aliphatic heterocycles. The summed E-state index contributed by atoms with van der Waals surface area (Å²) in [6, 6.07) is 8.54. The smallest absolute Gasteiger partial charge is 0.119 e. The van der Waals surface area contributed by atoms with E-state index in [2.05, 4.69) is 48.8 Å². The van der Waals surface area contributed by atoms with Gasteiger partial charge in [-0.15, -0.1) is 11.8 Å². The molecule has 1 saturated heterocycles. The highest BCUT2D eigenvalue weighted by Crippen LogP contribution is 2.43. The van der Waals surface area contributed by atoms with Gasteiger partial charge in [0.05, 0.1) is 11.9 Å². The summed E-state index contributed by atoms with van der Waals surface area (Å²) in [7, 11) is 3.95. The zero-order chi connectivity index (χ0) is 12.3. The molecule has 1 heterocycles. The van der Waals surface area contributed by atoms with Crippen LogP contribution in [0, 0.1) is 0 Å². The van der Waals surface area contributed by atoms with E-state index < -0.39 is 0 Å². The maximum atomic E-state index is 5.34. The molecule has 0 amide bonds. The van der Waals surface area contributed by atoms with E-state index in [0.717, 1.165) is 18.7 Å². The molecular weight excluding hydrogens is 230 g/mol. The van der Waals surface area contributed by atoms with Crippen LogP contribution in [-0.4, -0.2) is 37.9 Å². The number of likely N-dealkylation sites (N-methyl/N-ethyl adjacent to an activating group) is 1. The molecule has 1 unspecified atom stereocenters. The molecule has 2 rings (SSSR count). The number of rotatable bonds is 3. The zero-order valence-electron chi connectivity index (χ0n) is 10.9. The van der Waals surface area contributed by atoms with E-state index in [4.69, 9.17) is 4.74 Å². The van der Waals surface area contributed by atoms with E-state index >= 15 is 0 Å². The van der Waals surface area contributed by atoms with Gasteiger partial charge in [-0.3, -0.25) is 0 Å². The minimum Gasteiger partial charge on any atom is -0.497 e. The SMILES string of the molecule is CCC1(c2cccc(OC)c2)CN(C)CCS1. The molecule has 1 fully saturated rings. The molecule has 17 heavy (non-hydrogen) atoms. The molecule has 0 N–H and O–H groups in total. The van der Waals surface area contributed by atoms with E-state index in [1.807, 2.05) is 6.07 Å². The van der Waals surface area contributed by atoms with Crippen LogP contribution in [0.25, 0.3) is 0 Å². The first-order valence-corrected chi connectivity index (χ1v) is 7.16. The molecule has 3 heteroatoms. The lowest BCUT2D eigenvalue weighted by atomic mass is 9.94. The molecule has 94 valence electrons. The molecule has 1 aromatic carbocycles. The monoisotopic (exact) mass is 251 g/mol. The van der Waals surface area contributed by atoms with E-state index in [1.165, 1.54) is 17.9 Å². The lowest BCUT2D eigenvalue weighted by Gasteiger charge is -2.41. The largest absolute Gasteiger partial charge is 0.497 e. The van der Waals surface area contributed by atoms with Crippen molar-refractivity contribution in [3.05, 3.63) is 29.8 Å². The molecule has 1 aromatic rings. The van der Waals surface area contributed by atoms with E-state index in [9.17, 15) is 0 Å². The average molecular weight is 251 g/mol. The second-order valence-electron chi connectivity index (χ2n) is 4.67. The van der Waals surface area contributed by atoms with E-state index in [-0.39, 0.29) is 4.75 Å². The van der Waals surface area contributed by atoms with Crippen LogP contribution in [0.4, 0.5) is 0 Å². The molecule has 0 aromatic heterocycles. The van der Waals surface area contributed by atoms with Gasteiger partial charge in [0, 0.05) is 18.8 Å². The van der Waals surface area contributed by atoms with Gasteiger partial charge in [-0.2, -0.15) is 0 Å². The van der Waals surface area contributed by atoms with Crippen molar-refractivity contribution in [1.82, 2.24) is 4.90 Å². The fourth-order valence-corrected chi connectivity index (χ4v) is 4.06. The molecule has 1 aliphatic rings. The first kappa shape index (κ1) is 12.8. The number of ether oxygens (including phenoxy) is 1. The van der Waals surface area contributed by atoms with Crippen molar-refractivity contribution >= 4 is 11.8 Å². The van der Waals surface area contributed by atoms with Crippen LogP contribution in [0.3, 0.4) is 0 Å². The molecule has 0 saturated carbocycles. The van der Waals surface area contributed by atoms with Crippen molar-refractivity contribution in [2.45, 2.75) is 18.1 Å². The maximum Gasteiger partial charge on any atom is 0.119 e. The Bertz CT molecular complexity index is 382. The molecule has 0 aliphatic carbocycles. The Morgan fingerprint density at radius 2 is 2.29 bits per heavy atom. The number of hydrogen-bond donors (Lipinski definition) is 0. The highest BCUT2D eigenvalue weighted by atomic mass is 32.2. The lowest BCUT2D eigenvalue weighted by Crippen LogP contribution is -2.42. The first-order chi connectivity index (χ1) is 8.20. The van der Waals surface area contributed by atoms with Crippen LogP contribution in [0.2, 0.25) is 0 Å². The third-order valence-electron chi connectivity index (χ3n) is 3.54. The van der Waals surface area contributed by atoms with Crippen molar-refractivity contribution in [3.63, 3.8) is 0 Å². The molecule has 0 spiro atoms. The van der Waals surface area contributed by atoms with Gasteiger partial charge >= 0.3 is 0 Å². The second kappa shape index (κ2) is 5.32. The summed E-state index contributed by atoms with van der Waals surface area (Å²) in [4.78, 5) is 2.43. The van der Waals surface area contributed by atoms with Crippen LogP contribution in [-0.2, 0) is 4.75 Å². The molecule has 0 bridgehead atoms. The highest BCUT2D eigenvalue weighted by Gasteiger charge is 2.35. The third kappa shape index (κ3) is 2.61. The normalized spacial score (nSPS) is 25.8. The first-order valence-electron chi connectivity index (χ1n) is 6.17. The van der Waals surface area contributed by atoms with Gasteiger partial charge in [-0.25, -0.2) is 0 Å². The summed E-state index contributed by atoms with van der Waals surface area (Å²) in [5.41, 5.74) is 1.40. The summed E-state index contributed by atoms with van der Waals surface area (Å²) < 4.78 is 5.58. The number of benzene rings is 1. The standard InChI is InChI=1S/C14H21NOS/c1-4-14(11-15(2)8-9-17-14)12-6-5-7-13(10-12)16-3/h5-7,10H,4,8-9,11H2,1-3H3. The molecular formula is C14H21NOS. The minimum absolute atomic E-state index is 0.238. The highest BCUT2D eigenvalue weighted by molar-refractivity contribution is 8.00. The second-order valence-corrected chi connectivity index (χ2v) is 6.14. The summed E-state index contributed by atoms with van der Waals surface area (Å²) in [5.74, 6) is 2.17. The lowest BCUT2D eigenvalue weighted by molar-refractivity contribution is 0.294. The Labute approximate surface area is 108 Å². The number of methoxy groups -OCH3 is 1. The predicted molar refractivity (Wildman–Crippen MR) is 74.9 cm³/mol. The van der Waals surface area contributed by atoms with Crippen molar-refractivity contribution in [2.24, 2.45) is 0 Å². The van der Waals surface area contributed by atoms with Gasteiger partial charge in [0.2, 0.25) is 0 Å². The van der Waals surface area contributed by atoms with Crippen LogP contribution in [0.5, 0.6) is 5.75 Å². The zero-order valence-corrected chi connectivity index (χ0v) is 11.7. The van der Waals surface area contributed by atoms with Crippen molar-refractivity contribution < 1.29 is 4.74 Å². The molecule has 0 radical (unpaired) electrons. The Kier molecular flexibility index (Phi) is 4.00. The predicted octanol–water partition coefficient (Wildman–Crippen LogP) is 2.98. The van der Waals surface area contributed by atoms with Crippen LogP contribution >= 0.6 is 11.8 Å². The topological polar surface area (TPSA) is 12.5 Å². The summed E-state index contributed by atoms with van der Waals surface area (Å²) >= 11 is 2.09. The Balaban J connectivity index is 2.32. The number of thioether (sulfide) groups is 1. The van der Waals surface area contributed by atoms with Crippen LogP contribution < -0.4 is 4.74 Å². The summed E-state index contributed by atoms with van der Waals surface area (Å²) in [6.45, 7) is 4.60. The van der Waals surface area contributed by atoms with Gasteiger partial charge in [-0.1, -0.05) is 19.1 Å².